The smallest absolute Gasteiger partial charge is 0.320 e. The molecular formula is C18H24N2O2. The Balaban J connectivity index is 2.72. The molecule has 0 radical (unpaired) electrons. The molecule has 1 aromatic rings. The van der Waals surface area contributed by atoms with Crippen LogP contribution in [0.5, 0.6) is 0 Å². The molecule has 0 fully saturated rings. The van der Waals surface area contributed by atoms with Crippen LogP contribution in [0.4, 0.5) is 0 Å². The Bertz CT molecular complexity index is 521. The molecule has 4 heteroatoms. The van der Waals surface area contributed by atoms with E-state index in [-0.39, 0.29) is 12.5 Å². The first kappa shape index (κ1) is 17.9. The first-order valence-corrected chi connectivity index (χ1v) is 7.38. The summed E-state index contributed by atoms with van der Waals surface area (Å²) in [5.74, 6) is -0.215. The minimum atomic E-state index is -0.215. The summed E-state index contributed by atoms with van der Waals surface area (Å²) in [7, 11) is 0. The molecule has 0 aliphatic rings. The molecule has 0 saturated heterocycles. The van der Waals surface area contributed by atoms with Gasteiger partial charge in [0.2, 0.25) is 0 Å². The highest BCUT2D eigenvalue weighted by atomic mass is 16.5. The Morgan fingerprint density at radius 2 is 2.18 bits per heavy atom. The second-order valence-electron chi connectivity index (χ2n) is 4.90. The second kappa shape index (κ2) is 10.5. The number of rotatable bonds is 9. The predicted molar refractivity (Wildman–Crippen MR) is 89.2 cm³/mol. The van der Waals surface area contributed by atoms with Crippen molar-refractivity contribution in [3.8, 4) is 0 Å². The molecule has 1 rings (SSSR count). The SMILES string of the molecule is C=C/C=C\C=C(/C)CN(CC(=O)OCC)Cc1ccccn1. The Morgan fingerprint density at radius 1 is 1.36 bits per heavy atom. The van der Waals surface area contributed by atoms with Crippen molar-refractivity contribution in [1.82, 2.24) is 9.88 Å². The number of aromatic nitrogens is 1. The minimum Gasteiger partial charge on any atom is -0.465 e. The van der Waals surface area contributed by atoms with Gasteiger partial charge in [0.05, 0.1) is 18.8 Å². The molecule has 0 unspecified atom stereocenters. The maximum absolute atomic E-state index is 11.8. The number of carbonyl (C=O) groups excluding carboxylic acids is 1. The number of esters is 1. The van der Waals surface area contributed by atoms with Gasteiger partial charge < -0.3 is 4.74 Å². The van der Waals surface area contributed by atoms with E-state index in [9.17, 15) is 4.79 Å². The average molecular weight is 300 g/mol. The van der Waals surface area contributed by atoms with Crippen molar-refractivity contribution >= 4 is 5.97 Å². The van der Waals surface area contributed by atoms with Gasteiger partial charge in [0.25, 0.3) is 0 Å². The Labute approximate surface area is 132 Å². The molecule has 0 aliphatic carbocycles. The van der Waals surface area contributed by atoms with Gasteiger partial charge in [0.15, 0.2) is 0 Å². The molecule has 0 aliphatic heterocycles. The third-order valence-electron chi connectivity index (χ3n) is 2.87. The number of ether oxygens (including phenoxy) is 1. The summed E-state index contributed by atoms with van der Waals surface area (Å²) in [6.07, 6.45) is 9.31. The molecule has 1 aromatic heterocycles. The van der Waals surface area contributed by atoms with Crippen molar-refractivity contribution in [1.29, 1.82) is 0 Å². The number of carbonyl (C=O) groups is 1. The minimum absolute atomic E-state index is 0.215. The van der Waals surface area contributed by atoms with Crippen molar-refractivity contribution in [2.75, 3.05) is 19.7 Å². The van der Waals surface area contributed by atoms with E-state index in [4.69, 9.17) is 4.74 Å². The van der Waals surface area contributed by atoms with E-state index in [1.807, 2.05) is 55.2 Å². The molecule has 0 atom stereocenters. The molecule has 0 amide bonds. The summed E-state index contributed by atoms with van der Waals surface area (Å²) in [5, 5.41) is 0. The molecular weight excluding hydrogens is 276 g/mol. The summed E-state index contributed by atoms with van der Waals surface area (Å²) in [6, 6.07) is 5.78. The third kappa shape index (κ3) is 7.55. The van der Waals surface area contributed by atoms with E-state index in [2.05, 4.69) is 11.6 Å². The fourth-order valence-electron chi connectivity index (χ4n) is 1.98. The van der Waals surface area contributed by atoms with Crippen molar-refractivity contribution in [2.24, 2.45) is 0 Å². The Morgan fingerprint density at radius 3 is 2.82 bits per heavy atom. The lowest BCUT2D eigenvalue weighted by molar-refractivity contribution is -0.144. The molecule has 0 saturated carbocycles. The number of nitrogens with zero attached hydrogens (tertiary/aromatic N) is 2. The second-order valence-corrected chi connectivity index (χ2v) is 4.90. The van der Waals surface area contributed by atoms with E-state index in [1.165, 1.54) is 0 Å². The van der Waals surface area contributed by atoms with Crippen LogP contribution >= 0.6 is 0 Å². The van der Waals surface area contributed by atoms with Gasteiger partial charge in [-0.25, -0.2) is 0 Å². The van der Waals surface area contributed by atoms with E-state index < -0.39 is 0 Å². The quantitative estimate of drug-likeness (QED) is 0.519. The van der Waals surface area contributed by atoms with E-state index in [0.29, 0.717) is 19.7 Å². The molecule has 0 spiro atoms. The zero-order valence-electron chi connectivity index (χ0n) is 13.4. The largest absolute Gasteiger partial charge is 0.465 e. The Kier molecular flexibility index (Phi) is 8.53. The van der Waals surface area contributed by atoms with Crippen LogP contribution < -0.4 is 0 Å². The van der Waals surface area contributed by atoms with Crippen LogP contribution in [0, 0.1) is 0 Å². The van der Waals surface area contributed by atoms with E-state index in [0.717, 1.165) is 11.3 Å². The van der Waals surface area contributed by atoms with Gasteiger partial charge in [-0.1, -0.05) is 42.5 Å². The summed E-state index contributed by atoms with van der Waals surface area (Å²) >= 11 is 0. The van der Waals surface area contributed by atoms with Crippen LogP contribution in [0.25, 0.3) is 0 Å². The molecule has 0 N–H and O–H groups in total. The van der Waals surface area contributed by atoms with Crippen LogP contribution in [-0.4, -0.2) is 35.5 Å². The Hall–Kier alpha value is -2.20. The van der Waals surface area contributed by atoms with E-state index >= 15 is 0 Å². The van der Waals surface area contributed by atoms with Crippen LogP contribution in [0.1, 0.15) is 19.5 Å². The standard InChI is InChI=1S/C18H24N2O2/c1-4-6-7-10-16(3)13-20(15-18(21)22-5-2)14-17-11-8-9-12-19-17/h4,6-12H,1,5,13-15H2,2-3H3/b7-6-,16-10+. The fraction of sp³-hybridized carbons (Fsp3) is 0.333. The summed E-state index contributed by atoms with van der Waals surface area (Å²) in [4.78, 5) is 18.1. The monoisotopic (exact) mass is 300 g/mol. The highest BCUT2D eigenvalue weighted by molar-refractivity contribution is 5.71. The van der Waals surface area contributed by atoms with Crippen molar-refractivity contribution in [3.63, 3.8) is 0 Å². The molecule has 0 bridgehead atoms. The molecule has 0 aromatic carbocycles. The summed E-state index contributed by atoms with van der Waals surface area (Å²) < 4.78 is 5.04. The van der Waals surface area contributed by atoms with Gasteiger partial charge in [-0.3, -0.25) is 14.7 Å². The lowest BCUT2D eigenvalue weighted by Crippen LogP contribution is -2.32. The van der Waals surface area contributed by atoms with Crippen LogP contribution in [0.2, 0.25) is 0 Å². The summed E-state index contributed by atoms with van der Waals surface area (Å²) in [6.45, 7) is 9.41. The first-order chi connectivity index (χ1) is 10.7. The lowest BCUT2D eigenvalue weighted by Gasteiger charge is -2.21. The highest BCUT2D eigenvalue weighted by Crippen LogP contribution is 2.06. The number of hydrogen-bond donors (Lipinski definition) is 0. The molecule has 118 valence electrons. The van der Waals surface area contributed by atoms with Crippen LogP contribution in [0.15, 0.2) is 60.9 Å². The van der Waals surface area contributed by atoms with Gasteiger partial charge in [-0.15, -0.1) is 0 Å². The van der Waals surface area contributed by atoms with Gasteiger partial charge in [0, 0.05) is 19.3 Å². The average Bonchev–Trinajstić information content (AvgIpc) is 2.48. The predicted octanol–water partition coefficient (Wildman–Crippen LogP) is 3.14. The molecule has 4 nitrogen and oxygen atoms in total. The van der Waals surface area contributed by atoms with Crippen molar-refractivity contribution < 1.29 is 9.53 Å². The topological polar surface area (TPSA) is 42.4 Å². The maximum atomic E-state index is 11.8. The van der Waals surface area contributed by atoms with Crippen LogP contribution in [-0.2, 0) is 16.1 Å². The summed E-state index contributed by atoms with van der Waals surface area (Å²) in [5.41, 5.74) is 2.08. The zero-order valence-corrected chi connectivity index (χ0v) is 13.4. The number of pyridine rings is 1. The van der Waals surface area contributed by atoms with Crippen LogP contribution in [0.3, 0.4) is 0 Å². The fourth-order valence-corrected chi connectivity index (χ4v) is 1.98. The number of hydrogen-bond acceptors (Lipinski definition) is 4. The molecule has 1 heterocycles. The van der Waals surface area contributed by atoms with Gasteiger partial charge in [0.1, 0.15) is 0 Å². The first-order valence-electron chi connectivity index (χ1n) is 7.38. The van der Waals surface area contributed by atoms with Gasteiger partial charge in [-0.2, -0.15) is 0 Å². The normalized spacial score (nSPS) is 11.9. The lowest BCUT2D eigenvalue weighted by atomic mass is 10.2. The van der Waals surface area contributed by atoms with Crippen molar-refractivity contribution in [2.45, 2.75) is 20.4 Å². The molecule has 22 heavy (non-hydrogen) atoms. The van der Waals surface area contributed by atoms with Gasteiger partial charge >= 0.3 is 5.97 Å². The van der Waals surface area contributed by atoms with Crippen molar-refractivity contribution in [3.05, 3.63) is 66.5 Å². The van der Waals surface area contributed by atoms with Gasteiger partial charge in [-0.05, 0) is 26.0 Å². The maximum Gasteiger partial charge on any atom is 0.320 e. The highest BCUT2D eigenvalue weighted by Gasteiger charge is 2.13. The van der Waals surface area contributed by atoms with E-state index in [1.54, 1.807) is 12.3 Å². The zero-order chi connectivity index (χ0) is 16.2. The third-order valence-corrected chi connectivity index (χ3v) is 2.87. The number of allylic oxidation sites excluding steroid dienone is 4.